The molecule has 0 aromatic rings. The fourth-order valence-corrected chi connectivity index (χ4v) is 1.35. The van der Waals surface area contributed by atoms with Crippen molar-refractivity contribution >= 4 is 18.2 Å². The Morgan fingerprint density at radius 1 is 1.50 bits per heavy atom. The number of rotatable bonds is 3. The van der Waals surface area contributed by atoms with Crippen molar-refractivity contribution in [3.8, 4) is 0 Å². The van der Waals surface area contributed by atoms with Gasteiger partial charge in [0.1, 0.15) is 6.04 Å². The highest BCUT2D eigenvalue weighted by Crippen LogP contribution is 2.08. The number of nitrogens with one attached hydrogen (secondary N) is 1. The molecule has 1 saturated heterocycles. The maximum absolute atomic E-state index is 11.4. The summed E-state index contributed by atoms with van der Waals surface area (Å²) < 4.78 is 4.48. The number of aliphatic hydroxyl groups is 1. The van der Waals surface area contributed by atoms with Crippen molar-refractivity contribution < 1.29 is 24.2 Å². The average Bonchev–Trinajstić information content (AvgIpc) is 2.66. The van der Waals surface area contributed by atoms with Crippen LogP contribution < -0.4 is 5.32 Å². The van der Waals surface area contributed by atoms with Gasteiger partial charge < -0.3 is 15.2 Å². The zero-order valence-electron chi connectivity index (χ0n) is 8.80. The van der Waals surface area contributed by atoms with Crippen LogP contribution in [-0.2, 0) is 19.1 Å². The molecule has 2 N–H and O–H groups in total. The number of allylic oxidation sites excluding steroid dienone is 1. The SMILES string of the molecule is C/C=C(\C=O)C(=O)OC(=O)[C@@H]1CC(O)CN1. The fraction of sp³-hybridized carbons (Fsp3) is 0.500. The maximum Gasteiger partial charge on any atom is 0.348 e. The van der Waals surface area contributed by atoms with Crippen LogP contribution in [0.25, 0.3) is 0 Å². The molecule has 0 bridgehead atoms. The summed E-state index contributed by atoms with van der Waals surface area (Å²) in [6.07, 6.45) is 1.18. The molecule has 6 heteroatoms. The van der Waals surface area contributed by atoms with Crippen LogP contribution in [0.3, 0.4) is 0 Å². The predicted octanol–water partition coefficient (Wildman–Crippen LogP) is -1.08. The van der Waals surface area contributed by atoms with E-state index in [0.717, 1.165) is 0 Å². The van der Waals surface area contributed by atoms with Crippen molar-refractivity contribution in [1.82, 2.24) is 5.32 Å². The van der Waals surface area contributed by atoms with Gasteiger partial charge in [0.05, 0.1) is 11.7 Å². The van der Waals surface area contributed by atoms with E-state index in [1.165, 1.54) is 13.0 Å². The van der Waals surface area contributed by atoms with Crippen LogP contribution in [0.15, 0.2) is 11.6 Å². The first-order chi connectivity index (χ1) is 7.58. The highest BCUT2D eigenvalue weighted by Gasteiger charge is 2.31. The molecule has 1 aliphatic rings. The van der Waals surface area contributed by atoms with E-state index < -0.39 is 24.1 Å². The zero-order chi connectivity index (χ0) is 12.1. The van der Waals surface area contributed by atoms with Gasteiger partial charge in [-0.15, -0.1) is 0 Å². The Morgan fingerprint density at radius 2 is 2.19 bits per heavy atom. The molecule has 88 valence electrons. The summed E-state index contributed by atoms with van der Waals surface area (Å²) in [6, 6.07) is -0.691. The Morgan fingerprint density at radius 3 is 2.62 bits per heavy atom. The van der Waals surface area contributed by atoms with Gasteiger partial charge in [0.2, 0.25) is 0 Å². The second-order valence-corrected chi connectivity index (χ2v) is 3.42. The van der Waals surface area contributed by atoms with Gasteiger partial charge in [0.25, 0.3) is 0 Å². The van der Waals surface area contributed by atoms with Gasteiger partial charge in [-0.2, -0.15) is 0 Å². The summed E-state index contributed by atoms with van der Waals surface area (Å²) in [5, 5.41) is 11.9. The topological polar surface area (TPSA) is 92.7 Å². The summed E-state index contributed by atoms with van der Waals surface area (Å²) in [7, 11) is 0. The van der Waals surface area contributed by atoms with Crippen LogP contribution in [0.1, 0.15) is 13.3 Å². The smallest absolute Gasteiger partial charge is 0.348 e. The number of aldehydes is 1. The van der Waals surface area contributed by atoms with Gasteiger partial charge in [-0.05, 0) is 6.92 Å². The van der Waals surface area contributed by atoms with Crippen molar-refractivity contribution in [3.05, 3.63) is 11.6 Å². The Kier molecular flexibility index (Phi) is 4.33. The van der Waals surface area contributed by atoms with E-state index in [2.05, 4.69) is 10.1 Å². The predicted molar refractivity (Wildman–Crippen MR) is 53.3 cm³/mol. The van der Waals surface area contributed by atoms with Gasteiger partial charge in [-0.1, -0.05) is 6.08 Å². The Bertz CT molecular complexity index is 336. The van der Waals surface area contributed by atoms with E-state index in [1.54, 1.807) is 0 Å². The minimum absolute atomic E-state index is 0.202. The molecule has 1 unspecified atom stereocenters. The van der Waals surface area contributed by atoms with Crippen molar-refractivity contribution in [2.75, 3.05) is 6.54 Å². The molecule has 0 saturated carbocycles. The molecule has 1 rings (SSSR count). The molecule has 0 aromatic carbocycles. The van der Waals surface area contributed by atoms with E-state index in [9.17, 15) is 14.4 Å². The van der Waals surface area contributed by atoms with E-state index in [1.807, 2.05) is 0 Å². The van der Waals surface area contributed by atoms with Crippen LogP contribution in [0.5, 0.6) is 0 Å². The van der Waals surface area contributed by atoms with Gasteiger partial charge in [-0.25, -0.2) is 9.59 Å². The molecule has 0 aliphatic carbocycles. The second kappa shape index (κ2) is 5.53. The highest BCUT2D eigenvalue weighted by molar-refractivity contribution is 6.10. The van der Waals surface area contributed by atoms with E-state index in [4.69, 9.17) is 5.11 Å². The standard InChI is InChI=1S/C10H13NO5/c1-2-6(5-12)9(14)16-10(15)8-3-7(13)4-11-8/h2,5,7-8,11,13H,3-4H2,1H3/b6-2+/t7?,8-/m0/s1. The normalized spacial score (nSPS) is 25.2. The molecule has 6 nitrogen and oxygen atoms in total. The molecule has 16 heavy (non-hydrogen) atoms. The summed E-state index contributed by atoms with van der Waals surface area (Å²) in [5.74, 6) is -1.74. The first kappa shape index (κ1) is 12.5. The van der Waals surface area contributed by atoms with Gasteiger partial charge >= 0.3 is 11.9 Å². The molecule has 0 spiro atoms. The third-order valence-corrected chi connectivity index (χ3v) is 2.26. The number of aliphatic hydroxyl groups excluding tert-OH is 1. The van der Waals surface area contributed by atoms with Crippen molar-refractivity contribution in [1.29, 1.82) is 0 Å². The number of hydrogen-bond donors (Lipinski definition) is 2. The lowest BCUT2D eigenvalue weighted by Gasteiger charge is -2.08. The van der Waals surface area contributed by atoms with E-state index in [-0.39, 0.29) is 18.5 Å². The van der Waals surface area contributed by atoms with Crippen LogP contribution in [0.4, 0.5) is 0 Å². The minimum atomic E-state index is -0.967. The second-order valence-electron chi connectivity index (χ2n) is 3.42. The molecule has 0 aromatic heterocycles. The van der Waals surface area contributed by atoms with Crippen molar-refractivity contribution in [3.63, 3.8) is 0 Å². The summed E-state index contributed by atoms with van der Waals surface area (Å²) >= 11 is 0. The first-order valence-electron chi connectivity index (χ1n) is 4.87. The van der Waals surface area contributed by atoms with Gasteiger partial charge in [0.15, 0.2) is 6.29 Å². The number of carbonyl (C=O) groups is 3. The summed E-state index contributed by atoms with van der Waals surface area (Å²) in [4.78, 5) is 33.0. The highest BCUT2D eigenvalue weighted by atomic mass is 16.6. The van der Waals surface area contributed by atoms with E-state index >= 15 is 0 Å². The third kappa shape index (κ3) is 2.98. The number of carbonyl (C=O) groups excluding carboxylic acids is 3. The maximum atomic E-state index is 11.4. The fourth-order valence-electron chi connectivity index (χ4n) is 1.35. The Balaban J connectivity index is 2.51. The molecule has 1 aliphatic heterocycles. The summed E-state index contributed by atoms with van der Waals surface area (Å²) in [5.41, 5.74) is -0.202. The number of β-amino-alcohol motifs (C(OH)–C–C–N with tert-alkyl or cyclic N) is 1. The summed E-state index contributed by atoms with van der Waals surface area (Å²) in [6.45, 7) is 1.78. The lowest BCUT2D eigenvalue weighted by atomic mass is 10.2. The number of ether oxygens (including phenoxy) is 1. The van der Waals surface area contributed by atoms with E-state index in [0.29, 0.717) is 6.29 Å². The third-order valence-electron chi connectivity index (χ3n) is 2.26. The average molecular weight is 227 g/mol. The molecule has 1 fully saturated rings. The van der Waals surface area contributed by atoms with Crippen LogP contribution in [0.2, 0.25) is 0 Å². The quantitative estimate of drug-likeness (QED) is 0.209. The molecule has 0 amide bonds. The lowest BCUT2D eigenvalue weighted by molar-refractivity contribution is -0.158. The minimum Gasteiger partial charge on any atom is -0.392 e. The molecular weight excluding hydrogens is 214 g/mol. The first-order valence-corrected chi connectivity index (χ1v) is 4.87. The van der Waals surface area contributed by atoms with Crippen molar-refractivity contribution in [2.24, 2.45) is 0 Å². The number of esters is 2. The van der Waals surface area contributed by atoms with Crippen molar-refractivity contribution in [2.45, 2.75) is 25.5 Å². The Hall–Kier alpha value is -1.53. The Labute approximate surface area is 92.3 Å². The van der Waals surface area contributed by atoms with Crippen LogP contribution in [-0.4, -0.2) is 42.0 Å². The van der Waals surface area contributed by atoms with Gasteiger partial charge in [0, 0.05) is 13.0 Å². The monoisotopic (exact) mass is 227 g/mol. The van der Waals surface area contributed by atoms with Crippen LogP contribution >= 0.6 is 0 Å². The molecule has 2 atom stereocenters. The molecule has 1 heterocycles. The molecule has 0 radical (unpaired) electrons. The van der Waals surface area contributed by atoms with Gasteiger partial charge in [-0.3, -0.25) is 4.79 Å². The molecular formula is C10H13NO5. The van der Waals surface area contributed by atoms with Crippen LogP contribution in [0, 0.1) is 0 Å². The zero-order valence-corrected chi connectivity index (χ0v) is 8.80. The number of hydrogen-bond acceptors (Lipinski definition) is 6. The lowest BCUT2D eigenvalue weighted by Crippen LogP contribution is -2.34. The largest absolute Gasteiger partial charge is 0.392 e.